The quantitative estimate of drug-likeness (QED) is 0.688. The first-order chi connectivity index (χ1) is 15.1. The Morgan fingerprint density at radius 3 is 2.77 bits per heavy atom. The van der Waals surface area contributed by atoms with Crippen LogP contribution >= 0.6 is 0 Å². The first kappa shape index (κ1) is 21.9. The fourth-order valence-corrected chi connectivity index (χ4v) is 4.49. The molecule has 0 bridgehead atoms. The molecule has 1 atom stereocenters. The van der Waals surface area contributed by atoms with Gasteiger partial charge in [0.2, 0.25) is 5.91 Å². The minimum atomic E-state index is -0.0467. The van der Waals surface area contributed by atoms with E-state index in [1.807, 2.05) is 26.1 Å². The van der Waals surface area contributed by atoms with Gasteiger partial charge in [0.25, 0.3) is 0 Å². The van der Waals surface area contributed by atoms with Gasteiger partial charge in [-0.15, -0.1) is 0 Å². The van der Waals surface area contributed by atoms with Crippen LogP contribution in [0.25, 0.3) is 11.3 Å². The van der Waals surface area contributed by atoms with Gasteiger partial charge in [0.05, 0.1) is 29.7 Å². The van der Waals surface area contributed by atoms with Gasteiger partial charge in [-0.25, -0.2) is 9.97 Å². The van der Waals surface area contributed by atoms with E-state index in [9.17, 15) is 4.79 Å². The van der Waals surface area contributed by atoms with Crippen LogP contribution in [0.4, 0.5) is 0 Å². The number of nitrogens with one attached hydrogen (secondary N) is 1. The predicted molar refractivity (Wildman–Crippen MR) is 115 cm³/mol. The summed E-state index contributed by atoms with van der Waals surface area (Å²) in [5.74, 6) is 2.30. The van der Waals surface area contributed by atoms with Crippen molar-refractivity contribution in [2.24, 2.45) is 5.92 Å². The number of ether oxygens (including phenoxy) is 2. The van der Waals surface area contributed by atoms with Crippen LogP contribution < -0.4 is 5.32 Å². The van der Waals surface area contributed by atoms with E-state index >= 15 is 0 Å². The smallest absolute Gasteiger partial charge is 0.246 e. The number of nitrogens with zero attached hydrogens (tertiary/aromatic N) is 3. The van der Waals surface area contributed by atoms with Gasteiger partial charge in [0.15, 0.2) is 5.76 Å². The Hall–Kier alpha value is -2.32. The minimum absolute atomic E-state index is 0.0467. The molecule has 1 N–H and O–H groups in total. The van der Waals surface area contributed by atoms with Gasteiger partial charge >= 0.3 is 0 Å². The Morgan fingerprint density at radius 2 is 2.06 bits per heavy atom. The van der Waals surface area contributed by atoms with Crippen molar-refractivity contribution in [3.8, 4) is 11.3 Å². The van der Waals surface area contributed by atoms with Crippen LogP contribution in [0.5, 0.6) is 0 Å². The molecule has 0 aromatic carbocycles. The molecule has 1 aliphatic heterocycles. The van der Waals surface area contributed by atoms with Crippen molar-refractivity contribution in [3.63, 3.8) is 0 Å². The second-order valence-electron chi connectivity index (χ2n) is 8.72. The Morgan fingerprint density at radius 1 is 1.23 bits per heavy atom. The molecule has 0 radical (unpaired) electrons. The van der Waals surface area contributed by atoms with Gasteiger partial charge in [-0.1, -0.05) is 5.16 Å². The van der Waals surface area contributed by atoms with E-state index in [4.69, 9.17) is 19.0 Å². The third kappa shape index (κ3) is 5.89. The van der Waals surface area contributed by atoms with E-state index < -0.39 is 0 Å². The van der Waals surface area contributed by atoms with Crippen molar-refractivity contribution < 1.29 is 18.8 Å². The molecule has 2 fully saturated rings. The van der Waals surface area contributed by atoms with Crippen molar-refractivity contribution in [1.82, 2.24) is 20.4 Å². The average Bonchev–Trinajstić information content (AvgIpc) is 3.44. The monoisotopic (exact) mass is 428 g/mol. The largest absolute Gasteiger partial charge is 0.376 e. The first-order valence-corrected chi connectivity index (χ1v) is 11.3. The molecule has 1 aliphatic carbocycles. The molecular formula is C23H32N4O4. The number of carbonyl (C=O) groups is 1. The lowest BCUT2D eigenvalue weighted by molar-refractivity contribution is -0.127. The van der Waals surface area contributed by atoms with Crippen molar-refractivity contribution >= 4 is 5.91 Å². The molecular weight excluding hydrogens is 396 g/mol. The Kier molecular flexibility index (Phi) is 7.29. The second kappa shape index (κ2) is 10.3. The molecule has 2 aromatic heterocycles. The number of aromatic nitrogens is 3. The number of carbonyl (C=O) groups excluding carboxylic acids is 1. The van der Waals surface area contributed by atoms with E-state index in [-0.39, 0.29) is 18.6 Å². The number of aryl methyl sites for hydroxylation is 2. The highest BCUT2D eigenvalue weighted by Crippen LogP contribution is 2.38. The van der Waals surface area contributed by atoms with Crippen LogP contribution in [-0.4, -0.2) is 53.5 Å². The standard InChI is InChI=1S/C23H32N4O4/c1-15-10-21(31-27-15)20-12-24-16(2)26-23(20)18-7-5-17(6-8-18)11-25-22(28)14-29-13-19-4-3-9-30-19/h10,12,17-19H,3-9,11,13-14H2,1-2H3,(H,25,28)/t17?,18?,19-/m0/s1. The third-order valence-electron chi connectivity index (χ3n) is 6.21. The maximum absolute atomic E-state index is 12.1. The van der Waals surface area contributed by atoms with Crippen LogP contribution in [0.1, 0.15) is 61.7 Å². The predicted octanol–water partition coefficient (Wildman–Crippen LogP) is 3.33. The van der Waals surface area contributed by atoms with Crippen molar-refractivity contribution in [3.05, 3.63) is 29.5 Å². The number of amides is 1. The lowest BCUT2D eigenvalue weighted by atomic mass is 9.79. The summed E-state index contributed by atoms with van der Waals surface area (Å²) in [6, 6.07) is 1.93. The number of rotatable bonds is 8. The van der Waals surface area contributed by atoms with E-state index in [2.05, 4.69) is 15.5 Å². The molecule has 3 heterocycles. The molecule has 2 aliphatic rings. The summed E-state index contributed by atoms with van der Waals surface area (Å²) in [7, 11) is 0. The van der Waals surface area contributed by atoms with Crippen LogP contribution in [0.2, 0.25) is 0 Å². The highest BCUT2D eigenvalue weighted by atomic mass is 16.5. The molecule has 31 heavy (non-hydrogen) atoms. The Labute approximate surface area is 183 Å². The maximum Gasteiger partial charge on any atom is 0.246 e. The molecule has 1 saturated heterocycles. The zero-order valence-corrected chi connectivity index (χ0v) is 18.4. The summed E-state index contributed by atoms with van der Waals surface area (Å²) in [5, 5.41) is 7.04. The first-order valence-electron chi connectivity index (χ1n) is 11.3. The van der Waals surface area contributed by atoms with Gasteiger partial charge in [0, 0.05) is 31.3 Å². The third-order valence-corrected chi connectivity index (χ3v) is 6.21. The van der Waals surface area contributed by atoms with Crippen LogP contribution in [0.3, 0.4) is 0 Å². The summed E-state index contributed by atoms with van der Waals surface area (Å²) >= 11 is 0. The Balaban J connectivity index is 1.24. The van der Waals surface area contributed by atoms with Gasteiger partial charge in [-0.3, -0.25) is 4.79 Å². The summed E-state index contributed by atoms with van der Waals surface area (Å²) < 4.78 is 16.5. The summed E-state index contributed by atoms with van der Waals surface area (Å²) in [6.07, 6.45) is 8.28. The van der Waals surface area contributed by atoms with Crippen LogP contribution in [-0.2, 0) is 14.3 Å². The molecule has 4 rings (SSSR count). The minimum Gasteiger partial charge on any atom is -0.376 e. The van der Waals surface area contributed by atoms with Crippen molar-refractivity contribution in [2.75, 3.05) is 26.4 Å². The van der Waals surface area contributed by atoms with Gasteiger partial charge in [0.1, 0.15) is 12.4 Å². The average molecular weight is 429 g/mol. The van der Waals surface area contributed by atoms with Gasteiger partial charge < -0.3 is 19.3 Å². The van der Waals surface area contributed by atoms with Gasteiger partial charge in [-0.05, 0) is 58.3 Å². The van der Waals surface area contributed by atoms with E-state index in [0.29, 0.717) is 25.0 Å². The van der Waals surface area contributed by atoms with Gasteiger partial charge in [-0.2, -0.15) is 0 Å². The fourth-order valence-electron chi connectivity index (χ4n) is 4.49. The lowest BCUT2D eigenvalue weighted by Crippen LogP contribution is -2.34. The lowest BCUT2D eigenvalue weighted by Gasteiger charge is -2.29. The molecule has 1 amide bonds. The number of hydrogen-bond donors (Lipinski definition) is 1. The highest BCUT2D eigenvalue weighted by molar-refractivity contribution is 5.77. The van der Waals surface area contributed by atoms with Crippen LogP contribution in [0, 0.1) is 19.8 Å². The van der Waals surface area contributed by atoms with E-state index in [1.54, 1.807) is 0 Å². The molecule has 8 nitrogen and oxygen atoms in total. The molecule has 2 aromatic rings. The molecule has 0 unspecified atom stereocenters. The summed E-state index contributed by atoms with van der Waals surface area (Å²) in [6.45, 7) is 5.94. The van der Waals surface area contributed by atoms with E-state index in [1.165, 1.54) is 0 Å². The second-order valence-corrected chi connectivity index (χ2v) is 8.72. The normalized spacial score (nSPS) is 23.7. The fraction of sp³-hybridized carbons (Fsp3) is 0.652. The molecule has 0 spiro atoms. The van der Waals surface area contributed by atoms with Crippen LogP contribution in [0.15, 0.2) is 16.8 Å². The highest BCUT2D eigenvalue weighted by Gasteiger charge is 2.27. The zero-order chi connectivity index (χ0) is 21.6. The summed E-state index contributed by atoms with van der Waals surface area (Å²) in [4.78, 5) is 21.2. The SMILES string of the molecule is Cc1cc(-c2cnc(C)nc2C2CCC(CNC(=O)COC[C@@H]3CCCO3)CC2)on1. The van der Waals surface area contributed by atoms with Crippen molar-refractivity contribution in [2.45, 2.75) is 64.4 Å². The summed E-state index contributed by atoms with van der Waals surface area (Å²) in [5.41, 5.74) is 2.83. The molecule has 1 saturated carbocycles. The topological polar surface area (TPSA) is 99.4 Å². The number of hydrogen-bond acceptors (Lipinski definition) is 7. The maximum atomic E-state index is 12.1. The zero-order valence-electron chi connectivity index (χ0n) is 18.4. The van der Waals surface area contributed by atoms with E-state index in [0.717, 1.165) is 73.7 Å². The van der Waals surface area contributed by atoms with Crippen molar-refractivity contribution in [1.29, 1.82) is 0 Å². The Bertz CT molecular complexity index is 870. The molecule has 168 valence electrons. The molecule has 8 heteroatoms.